The van der Waals surface area contributed by atoms with Crippen LogP contribution in [0.3, 0.4) is 0 Å². The van der Waals surface area contributed by atoms with E-state index in [2.05, 4.69) is 0 Å². The first-order valence-corrected chi connectivity index (χ1v) is 6.10. The van der Waals surface area contributed by atoms with E-state index in [9.17, 15) is 18.0 Å². The monoisotopic (exact) mass is 282 g/mol. The van der Waals surface area contributed by atoms with Gasteiger partial charge < -0.3 is 0 Å². The number of carbonyl (C=O) groups excluding carboxylic acids is 1. The van der Waals surface area contributed by atoms with Gasteiger partial charge in [0.05, 0.1) is 5.88 Å². The highest BCUT2D eigenvalue weighted by atomic mass is 35.5. The van der Waals surface area contributed by atoms with E-state index >= 15 is 0 Å². The molecule has 0 aliphatic rings. The fourth-order valence-corrected chi connectivity index (χ4v) is 2.04. The van der Waals surface area contributed by atoms with E-state index in [0.717, 1.165) is 0 Å². The summed E-state index contributed by atoms with van der Waals surface area (Å²) in [6, 6.07) is 4.48. The molecule has 0 aromatic heterocycles. The van der Waals surface area contributed by atoms with Gasteiger partial charge in [0.15, 0.2) is 5.78 Å². The first-order valence-electron chi connectivity index (χ1n) is 4.75. The molecular formula is C11H10ClF3OS. The van der Waals surface area contributed by atoms with Crippen LogP contribution in [-0.2, 0) is 11.2 Å². The molecule has 0 radical (unpaired) electrons. The molecule has 0 aliphatic heterocycles. The van der Waals surface area contributed by atoms with Crippen LogP contribution in [-0.4, -0.2) is 17.2 Å². The number of rotatable bonds is 4. The SMILES string of the molecule is Cc1cc(CC(=O)CCl)ccc1SC(F)(F)F. The number of ketones is 1. The van der Waals surface area contributed by atoms with Crippen LogP contribution in [0.25, 0.3) is 0 Å². The molecule has 1 rings (SSSR count). The van der Waals surface area contributed by atoms with Gasteiger partial charge in [0.25, 0.3) is 0 Å². The summed E-state index contributed by atoms with van der Waals surface area (Å²) >= 11 is 5.21. The average Bonchev–Trinajstić information content (AvgIpc) is 2.20. The Bertz CT molecular complexity index is 418. The molecule has 0 saturated heterocycles. The van der Waals surface area contributed by atoms with Gasteiger partial charge in [-0.2, -0.15) is 13.2 Å². The van der Waals surface area contributed by atoms with Crippen LogP contribution < -0.4 is 0 Å². The maximum Gasteiger partial charge on any atom is 0.446 e. The summed E-state index contributed by atoms with van der Waals surface area (Å²) in [4.78, 5) is 11.2. The highest BCUT2D eigenvalue weighted by molar-refractivity contribution is 8.00. The fraction of sp³-hybridized carbons (Fsp3) is 0.364. The van der Waals surface area contributed by atoms with Crippen LogP contribution in [0.4, 0.5) is 13.2 Å². The van der Waals surface area contributed by atoms with Crippen molar-refractivity contribution < 1.29 is 18.0 Å². The molecule has 1 aromatic rings. The fourth-order valence-electron chi connectivity index (χ4n) is 1.34. The number of benzene rings is 1. The van der Waals surface area contributed by atoms with Crippen LogP contribution in [0.15, 0.2) is 23.1 Å². The Morgan fingerprint density at radius 3 is 2.53 bits per heavy atom. The predicted molar refractivity (Wildman–Crippen MR) is 62.5 cm³/mol. The van der Waals surface area contributed by atoms with E-state index in [4.69, 9.17) is 11.6 Å². The predicted octanol–water partition coefficient (Wildman–Crippen LogP) is 3.96. The van der Waals surface area contributed by atoms with Crippen molar-refractivity contribution in [2.24, 2.45) is 0 Å². The molecule has 1 nitrogen and oxygen atoms in total. The molecule has 17 heavy (non-hydrogen) atoms. The van der Waals surface area contributed by atoms with Crippen molar-refractivity contribution in [3.63, 3.8) is 0 Å². The topological polar surface area (TPSA) is 17.1 Å². The van der Waals surface area contributed by atoms with Crippen LogP contribution in [0.5, 0.6) is 0 Å². The Kier molecular flexibility index (Phi) is 4.89. The van der Waals surface area contributed by atoms with E-state index in [0.29, 0.717) is 11.1 Å². The third-order valence-corrected chi connectivity index (χ3v) is 3.22. The van der Waals surface area contributed by atoms with Crippen LogP contribution in [0, 0.1) is 6.92 Å². The molecule has 94 valence electrons. The van der Waals surface area contributed by atoms with E-state index in [1.807, 2.05) is 0 Å². The second kappa shape index (κ2) is 5.78. The molecule has 0 bridgehead atoms. The van der Waals surface area contributed by atoms with Crippen molar-refractivity contribution in [3.05, 3.63) is 29.3 Å². The Morgan fingerprint density at radius 1 is 1.41 bits per heavy atom. The van der Waals surface area contributed by atoms with E-state index < -0.39 is 5.51 Å². The molecule has 0 unspecified atom stereocenters. The molecule has 6 heteroatoms. The first-order chi connectivity index (χ1) is 7.81. The second-order valence-electron chi connectivity index (χ2n) is 3.50. The lowest BCUT2D eigenvalue weighted by Crippen LogP contribution is -2.04. The summed E-state index contributed by atoms with van der Waals surface area (Å²) < 4.78 is 36.5. The maximum absolute atomic E-state index is 12.2. The Labute approximate surface area is 106 Å². The van der Waals surface area contributed by atoms with Crippen molar-refractivity contribution in [3.8, 4) is 0 Å². The molecule has 0 heterocycles. The van der Waals surface area contributed by atoms with E-state index in [1.165, 1.54) is 12.1 Å². The summed E-state index contributed by atoms with van der Waals surface area (Å²) in [5.41, 5.74) is -3.11. The maximum atomic E-state index is 12.2. The number of hydrogen-bond acceptors (Lipinski definition) is 2. The zero-order chi connectivity index (χ0) is 13.1. The molecule has 1 aromatic carbocycles. The lowest BCUT2D eigenvalue weighted by atomic mass is 10.1. The molecule has 0 aliphatic carbocycles. The lowest BCUT2D eigenvalue weighted by molar-refractivity contribution is -0.116. The number of alkyl halides is 4. The zero-order valence-corrected chi connectivity index (χ0v) is 10.5. The number of thioether (sulfide) groups is 1. The minimum absolute atomic E-state index is 0.0852. The van der Waals surface area contributed by atoms with Crippen molar-refractivity contribution in [2.45, 2.75) is 23.7 Å². The Morgan fingerprint density at radius 2 is 2.06 bits per heavy atom. The average molecular weight is 283 g/mol. The van der Waals surface area contributed by atoms with Gasteiger partial charge in [-0.25, -0.2) is 0 Å². The van der Waals surface area contributed by atoms with E-state index in [1.54, 1.807) is 13.0 Å². The third kappa shape index (κ3) is 5.00. The van der Waals surface area contributed by atoms with Crippen molar-refractivity contribution in [1.82, 2.24) is 0 Å². The largest absolute Gasteiger partial charge is 0.446 e. The molecular weight excluding hydrogens is 273 g/mol. The van der Waals surface area contributed by atoms with Crippen LogP contribution in [0.1, 0.15) is 11.1 Å². The van der Waals surface area contributed by atoms with Gasteiger partial charge >= 0.3 is 5.51 Å². The van der Waals surface area contributed by atoms with Gasteiger partial charge in [-0.05, 0) is 35.9 Å². The molecule has 0 saturated carbocycles. The second-order valence-corrected chi connectivity index (χ2v) is 4.87. The smallest absolute Gasteiger partial charge is 0.298 e. The third-order valence-electron chi connectivity index (χ3n) is 2.02. The standard InChI is InChI=1S/C11H10ClF3OS/c1-7-4-8(5-9(16)6-12)2-3-10(7)17-11(13,14)15/h2-4H,5-6H2,1H3. The summed E-state index contributed by atoms with van der Waals surface area (Å²) in [5.74, 6) is -0.236. The first kappa shape index (κ1) is 14.4. The number of hydrogen-bond donors (Lipinski definition) is 0. The highest BCUT2D eigenvalue weighted by Gasteiger charge is 2.29. The molecule has 0 N–H and O–H groups in total. The van der Waals surface area contributed by atoms with Gasteiger partial charge in [0, 0.05) is 11.3 Å². The molecule has 0 spiro atoms. The zero-order valence-electron chi connectivity index (χ0n) is 8.97. The minimum Gasteiger partial charge on any atom is -0.298 e. The van der Waals surface area contributed by atoms with Gasteiger partial charge in [-0.3, -0.25) is 4.79 Å². The summed E-state index contributed by atoms with van der Waals surface area (Å²) in [6.45, 7) is 1.59. The molecule has 0 amide bonds. The van der Waals surface area contributed by atoms with Crippen molar-refractivity contribution >= 4 is 29.1 Å². The lowest BCUT2D eigenvalue weighted by Gasteiger charge is -2.09. The van der Waals surface area contributed by atoms with E-state index in [-0.39, 0.29) is 34.7 Å². The number of halogens is 4. The summed E-state index contributed by atoms with van der Waals surface area (Å²) in [5, 5.41) is 0. The van der Waals surface area contributed by atoms with Crippen LogP contribution in [0.2, 0.25) is 0 Å². The van der Waals surface area contributed by atoms with Gasteiger partial charge in [0.1, 0.15) is 0 Å². The normalized spacial score (nSPS) is 11.6. The number of carbonyl (C=O) groups is 1. The van der Waals surface area contributed by atoms with Gasteiger partial charge in [-0.15, -0.1) is 11.6 Å². The summed E-state index contributed by atoms with van der Waals surface area (Å²) in [6.07, 6.45) is 0.154. The minimum atomic E-state index is -4.29. The summed E-state index contributed by atoms with van der Waals surface area (Å²) in [7, 11) is 0. The Balaban J connectivity index is 2.83. The Hall–Kier alpha value is -0.680. The van der Waals surface area contributed by atoms with Crippen LogP contribution >= 0.6 is 23.4 Å². The van der Waals surface area contributed by atoms with Gasteiger partial charge in [-0.1, -0.05) is 12.1 Å². The van der Waals surface area contributed by atoms with Crippen molar-refractivity contribution in [1.29, 1.82) is 0 Å². The number of aryl methyl sites for hydroxylation is 1. The van der Waals surface area contributed by atoms with Crippen molar-refractivity contribution in [2.75, 3.05) is 5.88 Å². The number of Topliss-reactive ketones (excluding diaryl/α,β-unsaturated/α-hetero) is 1. The van der Waals surface area contributed by atoms with Gasteiger partial charge in [0.2, 0.25) is 0 Å². The molecule has 0 fully saturated rings. The quantitative estimate of drug-likeness (QED) is 0.614. The highest BCUT2D eigenvalue weighted by Crippen LogP contribution is 2.38. The molecule has 0 atom stereocenters.